The van der Waals surface area contributed by atoms with Crippen LogP contribution in [-0.4, -0.2) is 17.2 Å². The molecular weight excluding hydrogens is 208 g/mol. The highest BCUT2D eigenvalue weighted by Gasteiger charge is 2.12. The monoisotopic (exact) mass is 226 g/mol. The van der Waals surface area contributed by atoms with Gasteiger partial charge in [-0.05, 0) is 37.6 Å². The first-order valence-corrected chi connectivity index (χ1v) is 6.00. The van der Waals surface area contributed by atoms with E-state index in [1.165, 1.54) is 11.1 Å². The minimum atomic E-state index is 0.413. The summed E-state index contributed by atoms with van der Waals surface area (Å²) in [7, 11) is 0. The van der Waals surface area contributed by atoms with Gasteiger partial charge in [-0.3, -0.25) is 4.99 Å². The van der Waals surface area contributed by atoms with Gasteiger partial charge < -0.3 is 4.90 Å². The third-order valence-corrected chi connectivity index (χ3v) is 2.85. The quantitative estimate of drug-likeness (QED) is 0.702. The van der Waals surface area contributed by atoms with E-state index in [2.05, 4.69) is 59.6 Å². The van der Waals surface area contributed by atoms with Gasteiger partial charge >= 0.3 is 0 Å². The molecule has 0 saturated carbocycles. The van der Waals surface area contributed by atoms with Crippen LogP contribution in [0.2, 0.25) is 0 Å². The smallest absolute Gasteiger partial charge is 0.0485 e. The van der Waals surface area contributed by atoms with Crippen molar-refractivity contribution in [3.63, 3.8) is 0 Å². The number of nitrogens with zero attached hydrogens (tertiary/aromatic N) is 2. The summed E-state index contributed by atoms with van der Waals surface area (Å²) in [6.07, 6.45) is 19.7. The number of hydrogen-bond donors (Lipinski definition) is 0. The highest BCUT2D eigenvalue weighted by molar-refractivity contribution is 5.86. The fraction of sp³-hybridized carbons (Fsp3) is 0.267. The topological polar surface area (TPSA) is 15.6 Å². The summed E-state index contributed by atoms with van der Waals surface area (Å²) in [4.78, 5) is 6.44. The Balaban J connectivity index is 2.24. The van der Waals surface area contributed by atoms with Gasteiger partial charge in [0.1, 0.15) is 0 Å². The summed E-state index contributed by atoms with van der Waals surface area (Å²) in [5.41, 5.74) is 2.40. The highest BCUT2D eigenvalue weighted by atomic mass is 15.1. The minimum Gasteiger partial charge on any atom is -0.347 e. The Morgan fingerprint density at radius 3 is 3.12 bits per heavy atom. The zero-order valence-corrected chi connectivity index (χ0v) is 10.4. The molecular formula is C15H18N2. The summed E-state index contributed by atoms with van der Waals surface area (Å²) in [6, 6.07) is 0.413. The second-order valence-corrected chi connectivity index (χ2v) is 4.17. The second kappa shape index (κ2) is 5.48. The van der Waals surface area contributed by atoms with E-state index in [9.17, 15) is 0 Å². The molecule has 2 rings (SSSR count). The van der Waals surface area contributed by atoms with Gasteiger partial charge in [0.05, 0.1) is 0 Å². The van der Waals surface area contributed by atoms with Gasteiger partial charge in [0, 0.05) is 24.7 Å². The van der Waals surface area contributed by atoms with Crippen molar-refractivity contribution in [3.8, 4) is 0 Å². The highest BCUT2D eigenvalue weighted by Crippen LogP contribution is 2.20. The van der Waals surface area contributed by atoms with E-state index in [0.29, 0.717) is 6.04 Å². The third kappa shape index (κ3) is 2.84. The Morgan fingerprint density at radius 1 is 1.41 bits per heavy atom. The van der Waals surface area contributed by atoms with E-state index >= 15 is 0 Å². The zero-order valence-electron chi connectivity index (χ0n) is 10.4. The average molecular weight is 226 g/mol. The van der Waals surface area contributed by atoms with Crippen LogP contribution in [0.15, 0.2) is 65.1 Å². The van der Waals surface area contributed by atoms with Gasteiger partial charge in [-0.2, -0.15) is 0 Å². The van der Waals surface area contributed by atoms with Crippen LogP contribution < -0.4 is 0 Å². The molecule has 0 aromatic heterocycles. The van der Waals surface area contributed by atoms with Crippen molar-refractivity contribution < 1.29 is 0 Å². The van der Waals surface area contributed by atoms with Gasteiger partial charge in [-0.25, -0.2) is 0 Å². The maximum atomic E-state index is 4.23. The van der Waals surface area contributed by atoms with E-state index in [1.807, 2.05) is 19.3 Å². The average Bonchev–Trinajstić information content (AvgIpc) is 2.61. The molecule has 1 atom stereocenters. The molecule has 2 aliphatic heterocycles. The largest absolute Gasteiger partial charge is 0.347 e. The van der Waals surface area contributed by atoms with Crippen LogP contribution in [0, 0.1) is 0 Å². The molecule has 88 valence electrons. The maximum Gasteiger partial charge on any atom is 0.0485 e. The Bertz CT molecular complexity index is 448. The van der Waals surface area contributed by atoms with Crippen LogP contribution in [0.25, 0.3) is 0 Å². The minimum absolute atomic E-state index is 0.413. The summed E-state index contributed by atoms with van der Waals surface area (Å²) in [6.45, 7) is 4.22. The molecule has 0 aliphatic carbocycles. The van der Waals surface area contributed by atoms with Crippen molar-refractivity contribution >= 4 is 6.21 Å². The van der Waals surface area contributed by atoms with Crippen LogP contribution in [0.5, 0.6) is 0 Å². The van der Waals surface area contributed by atoms with E-state index in [-0.39, 0.29) is 0 Å². The van der Waals surface area contributed by atoms with Crippen LogP contribution in [0.1, 0.15) is 20.3 Å². The first kappa shape index (κ1) is 11.6. The lowest BCUT2D eigenvalue weighted by atomic mass is 10.0. The van der Waals surface area contributed by atoms with E-state index in [0.717, 1.165) is 6.42 Å². The van der Waals surface area contributed by atoms with Crippen molar-refractivity contribution in [1.82, 2.24) is 4.90 Å². The first-order chi connectivity index (χ1) is 8.31. The van der Waals surface area contributed by atoms with Crippen molar-refractivity contribution in [3.05, 3.63) is 60.1 Å². The van der Waals surface area contributed by atoms with Crippen molar-refractivity contribution in [2.24, 2.45) is 4.99 Å². The van der Waals surface area contributed by atoms with Gasteiger partial charge in [-0.15, -0.1) is 0 Å². The van der Waals surface area contributed by atoms with Crippen LogP contribution >= 0.6 is 0 Å². The summed E-state index contributed by atoms with van der Waals surface area (Å²) < 4.78 is 0. The zero-order chi connectivity index (χ0) is 12.1. The van der Waals surface area contributed by atoms with Crippen molar-refractivity contribution in [2.45, 2.75) is 26.3 Å². The van der Waals surface area contributed by atoms with E-state index in [1.54, 1.807) is 0 Å². The predicted octanol–water partition coefficient (Wildman–Crippen LogP) is 3.58. The number of rotatable bonds is 2. The summed E-state index contributed by atoms with van der Waals surface area (Å²) in [5.74, 6) is 0. The Kier molecular flexibility index (Phi) is 3.76. The molecule has 2 nitrogen and oxygen atoms in total. The fourth-order valence-electron chi connectivity index (χ4n) is 1.87. The Labute approximate surface area is 103 Å². The molecule has 0 bridgehead atoms. The SMILES string of the molecule is C/C=C\N1C=C(C2=CCC=CN=C2)C=CC1C. The number of allylic oxidation sites excluding steroid dienone is 6. The van der Waals surface area contributed by atoms with Crippen LogP contribution in [0.4, 0.5) is 0 Å². The standard InChI is InChI=1S/C15H18N2/c1-3-10-17-12-15(8-7-13(17)2)14-6-4-5-9-16-11-14/h3,5-13H,4H2,1-2H3/b10-3-. The van der Waals surface area contributed by atoms with Crippen molar-refractivity contribution in [2.75, 3.05) is 0 Å². The van der Waals surface area contributed by atoms with Gasteiger partial charge in [0.2, 0.25) is 0 Å². The molecule has 0 aromatic rings. The van der Waals surface area contributed by atoms with E-state index in [4.69, 9.17) is 0 Å². The Morgan fingerprint density at radius 2 is 2.29 bits per heavy atom. The Hall–Kier alpha value is -1.83. The third-order valence-electron chi connectivity index (χ3n) is 2.85. The lowest BCUT2D eigenvalue weighted by molar-refractivity contribution is 0.444. The molecule has 2 heteroatoms. The van der Waals surface area contributed by atoms with Crippen LogP contribution in [0.3, 0.4) is 0 Å². The van der Waals surface area contributed by atoms with Gasteiger partial charge in [-0.1, -0.05) is 30.4 Å². The fourth-order valence-corrected chi connectivity index (χ4v) is 1.87. The molecule has 2 aliphatic rings. The lowest BCUT2D eigenvalue weighted by Gasteiger charge is -2.26. The molecule has 0 amide bonds. The second-order valence-electron chi connectivity index (χ2n) is 4.17. The van der Waals surface area contributed by atoms with Crippen molar-refractivity contribution in [1.29, 1.82) is 0 Å². The van der Waals surface area contributed by atoms with Gasteiger partial charge in [0.15, 0.2) is 0 Å². The molecule has 0 spiro atoms. The van der Waals surface area contributed by atoms with Gasteiger partial charge in [0.25, 0.3) is 0 Å². The maximum absolute atomic E-state index is 4.23. The molecule has 2 heterocycles. The number of aliphatic imine (C=N–C) groups is 1. The predicted molar refractivity (Wildman–Crippen MR) is 73.7 cm³/mol. The molecule has 0 aromatic carbocycles. The molecule has 1 unspecified atom stereocenters. The molecule has 0 N–H and O–H groups in total. The van der Waals surface area contributed by atoms with Crippen LogP contribution in [-0.2, 0) is 0 Å². The molecule has 0 saturated heterocycles. The number of hydrogen-bond acceptors (Lipinski definition) is 2. The summed E-state index contributed by atoms with van der Waals surface area (Å²) in [5, 5.41) is 0. The first-order valence-electron chi connectivity index (χ1n) is 6.00. The molecule has 0 radical (unpaired) electrons. The van der Waals surface area contributed by atoms with E-state index < -0.39 is 0 Å². The normalized spacial score (nSPS) is 23.9. The molecule has 17 heavy (non-hydrogen) atoms. The lowest BCUT2D eigenvalue weighted by Crippen LogP contribution is -2.23. The summed E-state index contributed by atoms with van der Waals surface area (Å²) >= 11 is 0. The molecule has 0 fully saturated rings.